The van der Waals surface area contributed by atoms with E-state index in [-0.39, 0.29) is 6.04 Å². The van der Waals surface area contributed by atoms with Crippen molar-refractivity contribution in [1.82, 2.24) is 9.29 Å². The Bertz CT molecular complexity index is 786. The fourth-order valence-corrected chi connectivity index (χ4v) is 3.91. The van der Waals surface area contributed by atoms with Crippen LogP contribution < -0.4 is 5.32 Å². The number of nitrogens with one attached hydrogen (secondary N) is 1. The van der Waals surface area contributed by atoms with Gasteiger partial charge in [0.2, 0.25) is 10.0 Å². The molecule has 3 rings (SSSR count). The van der Waals surface area contributed by atoms with Crippen molar-refractivity contribution in [2.24, 2.45) is 0 Å². The Morgan fingerprint density at radius 2 is 1.95 bits per heavy atom. The van der Waals surface area contributed by atoms with Crippen LogP contribution in [0.3, 0.4) is 0 Å². The van der Waals surface area contributed by atoms with E-state index < -0.39 is 10.0 Å². The van der Waals surface area contributed by atoms with E-state index in [1.165, 1.54) is 10.6 Å². The number of benzene rings is 1. The van der Waals surface area contributed by atoms with Gasteiger partial charge in [0.05, 0.1) is 6.26 Å². The van der Waals surface area contributed by atoms with Crippen LogP contribution in [0.2, 0.25) is 5.15 Å². The molecule has 0 spiro atoms. The van der Waals surface area contributed by atoms with Gasteiger partial charge in [0.25, 0.3) is 0 Å². The number of nitrogens with zero attached hydrogens (tertiary/aromatic N) is 2. The lowest BCUT2D eigenvalue weighted by molar-refractivity contribution is 0.331. The van der Waals surface area contributed by atoms with Crippen molar-refractivity contribution < 1.29 is 8.42 Å². The van der Waals surface area contributed by atoms with E-state index >= 15 is 0 Å². The second-order valence-electron chi connectivity index (χ2n) is 5.60. The monoisotopic (exact) mass is 339 g/mol. The van der Waals surface area contributed by atoms with E-state index in [2.05, 4.69) is 10.3 Å². The van der Waals surface area contributed by atoms with Gasteiger partial charge >= 0.3 is 0 Å². The van der Waals surface area contributed by atoms with Crippen LogP contribution in [-0.4, -0.2) is 43.1 Å². The minimum absolute atomic E-state index is 0.211. The minimum atomic E-state index is -3.09. The van der Waals surface area contributed by atoms with Crippen LogP contribution in [-0.2, 0) is 10.0 Å². The van der Waals surface area contributed by atoms with Gasteiger partial charge in [0.15, 0.2) is 0 Å². The molecule has 7 heteroatoms. The van der Waals surface area contributed by atoms with Gasteiger partial charge in [0, 0.05) is 24.5 Å². The molecule has 0 amide bonds. The molecular formula is C15H18ClN3O2S. The third-order valence-corrected chi connectivity index (χ3v) is 5.56. The van der Waals surface area contributed by atoms with Crippen LogP contribution in [0.15, 0.2) is 30.3 Å². The van der Waals surface area contributed by atoms with Crippen molar-refractivity contribution in [3.05, 3.63) is 35.5 Å². The fraction of sp³-hybridized carbons (Fsp3) is 0.400. The van der Waals surface area contributed by atoms with E-state index in [4.69, 9.17) is 11.6 Å². The van der Waals surface area contributed by atoms with Gasteiger partial charge in [-0.2, -0.15) is 0 Å². The molecule has 0 unspecified atom stereocenters. The highest BCUT2D eigenvalue weighted by Crippen LogP contribution is 2.26. The first-order valence-corrected chi connectivity index (χ1v) is 9.43. The van der Waals surface area contributed by atoms with Gasteiger partial charge in [0.1, 0.15) is 11.0 Å². The summed E-state index contributed by atoms with van der Waals surface area (Å²) >= 11 is 6.22. The van der Waals surface area contributed by atoms with Gasteiger partial charge in [-0.25, -0.2) is 17.7 Å². The van der Waals surface area contributed by atoms with Crippen LogP contribution in [0.1, 0.15) is 12.8 Å². The van der Waals surface area contributed by atoms with Gasteiger partial charge in [-0.05, 0) is 24.3 Å². The van der Waals surface area contributed by atoms with Gasteiger partial charge < -0.3 is 5.32 Å². The van der Waals surface area contributed by atoms with Crippen molar-refractivity contribution in [2.75, 3.05) is 24.7 Å². The molecule has 1 fully saturated rings. The van der Waals surface area contributed by atoms with E-state index in [1.807, 2.05) is 30.3 Å². The first kappa shape index (κ1) is 15.5. The molecule has 2 heterocycles. The largest absolute Gasteiger partial charge is 0.367 e. The summed E-state index contributed by atoms with van der Waals surface area (Å²) in [6.07, 6.45) is 2.78. The fourth-order valence-electron chi connectivity index (χ4n) is 2.77. The molecule has 1 aliphatic heterocycles. The molecule has 118 valence electrons. The average molecular weight is 340 g/mol. The molecule has 1 N–H and O–H groups in total. The maximum absolute atomic E-state index is 11.5. The number of fused-ring (bicyclic) bond motifs is 1. The number of hydrogen-bond acceptors (Lipinski definition) is 4. The van der Waals surface area contributed by atoms with Crippen molar-refractivity contribution in [3.63, 3.8) is 0 Å². The number of hydrogen-bond donors (Lipinski definition) is 1. The molecular weight excluding hydrogens is 322 g/mol. The Balaban J connectivity index is 1.72. The van der Waals surface area contributed by atoms with Crippen molar-refractivity contribution in [1.29, 1.82) is 0 Å². The van der Waals surface area contributed by atoms with Crippen LogP contribution in [0.25, 0.3) is 10.8 Å². The standard InChI is InChI=1S/C15H18ClN3O2S/c1-22(20,21)19-8-6-12(7-9-19)17-14-10-11-4-2-3-5-13(11)15(16)18-14/h2-5,10,12H,6-9H2,1H3,(H,17,18). The molecule has 1 aromatic carbocycles. The predicted octanol–water partition coefficient (Wildman–Crippen LogP) is 2.72. The SMILES string of the molecule is CS(=O)(=O)N1CCC(Nc2cc3ccccc3c(Cl)n2)CC1. The Labute approximate surface area is 135 Å². The summed E-state index contributed by atoms with van der Waals surface area (Å²) < 4.78 is 24.6. The lowest BCUT2D eigenvalue weighted by atomic mass is 10.1. The quantitative estimate of drug-likeness (QED) is 0.873. The molecule has 22 heavy (non-hydrogen) atoms. The highest BCUT2D eigenvalue weighted by Gasteiger charge is 2.25. The van der Waals surface area contributed by atoms with Crippen molar-refractivity contribution in [3.8, 4) is 0 Å². The topological polar surface area (TPSA) is 62.3 Å². The van der Waals surface area contributed by atoms with Crippen LogP contribution in [0.5, 0.6) is 0 Å². The summed E-state index contributed by atoms with van der Waals surface area (Å²) in [4.78, 5) is 4.39. The summed E-state index contributed by atoms with van der Waals surface area (Å²) in [6.45, 7) is 1.08. The summed E-state index contributed by atoms with van der Waals surface area (Å²) in [5.74, 6) is 0.738. The molecule has 2 aromatic rings. The Hall–Kier alpha value is -1.37. The zero-order valence-corrected chi connectivity index (χ0v) is 13.9. The highest BCUT2D eigenvalue weighted by atomic mass is 35.5. The molecule has 5 nitrogen and oxygen atoms in total. The third kappa shape index (κ3) is 3.34. The smallest absolute Gasteiger partial charge is 0.211 e. The second kappa shape index (κ2) is 6.02. The minimum Gasteiger partial charge on any atom is -0.367 e. The number of pyridine rings is 1. The molecule has 0 atom stereocenters. The normalized spacial score (nSPS) is 17.7. The van der Waals surface area contributed by atoms with Crippen LogP contribution in [0, 0.1) is 0 Å². The summed E-state index contributed by atoms with van der Waals surface area (Å²) in [7, 11) is -3.09. The highest BCUT2D eigenvalue weighted by molar-refractivity contribution is 7.88. The van der Waals surface area contributed by atoms with E-state index in [9.17, 15) is 8.42 Å². The van der Waals surface area contributed by atoms with Gasteiger partial charge in [-0.15, -0.1) is 0 Å². The van der Waals surface area contributed by atoms with Crippen LogP contribution >= 0.6 is 11.6 Å². The molecule has 1 saturated heterocycles. The number of piperidine rings is 1. The second-order valence-corrected chi connectivity index (χ2v) is 7.94. The molecule has 1 aliphatic rings. The number of rotatable bonds is 3. The van der Waals surface area contributed by atoms with Gasteiger partial charge in [-0.3, -0.25) is 0 Å². The molecule has 1 aromatic heterocycles. The number of halogens is 1. The number of anilines is 1. The summed E-state index contributed by atoms with van der Waals surface area (Å²) in [6, 6.07) is 10.0. The third-order valence-electron chi connectivity index (χ3n) is 3.97. The van der Waals surface area contributed by atoms with E-state index in [1.54, 1.807) is 0 Å². The van der Waals surface area contributed by atoms with Crippen molar-refractivity contribution in [2.45, 2.75) is 18.9 Å². The molecule has 0 bridgehead atoms. The maximum atomic E-state index is 11.5. The maximum Gasteiger partial charge on any atom is 0.211 e. The zero-order chi connectivity index (χ0) is 15.7. The van der Waals surface area contributed by atoms with Crippen LogP contribution in [0.4, 0.5) is 5.82 Å². The molecule has 0 radical (unpaired) electrons. The molecule has 0 aliphatic carbocycles. The first-order chi connectivity index (χ1) is 10.4. The van der Waals surface area contributed by atoms with E-state index in [0.717, 1.165) is 29.4 Å². The number of sulfonamides is 1. The summed E-state index contributed by atoms with van der Waals surface area (Å²) in [5.41, 5.74) is 0. The lowest BCUT2D eigenvalue weighted by Gasteiger charge is -2.31. The predicted molar refractivity (Wildman–Crippen MR) is 89.8 cm³/mol. The Kier molecular flexibility index (Phi) is 4.25. The van der Waals surface area contributed by atoms with Crippen molar-refractivity contribution >= 4 is 38.2 Å². The van der Waals surface area contributed by atoms with E-state index in [0.29, 0.717) is 18.2 Å². The lowest BCUT2D eigenvalue weighted by Crippen LogP contribution is -2.41. The Morgan fingerprint density at radius 3 is 2.64 bits per heavy atom. The average Bonchev–Trinajstić information content (AvgIpc) is 2.47. The zero-order valence-electron chi connectivity index (χ0n) is 12.3. The summed E-state index contributed by atoms with van der Waals surface area (Å²) in [5, 5.41) is 5.82. The Morgan fingerprint density at radius 1 is 1.27 bits per heavy atom. The molecule has 0 saturated carbocycles. The number of aromatic nitrogens is 1. The van der Waals surface area contributed by atoms with Gasteiger partial charge in [-0.1, -0.05) is 35.9 Å². The first-order valence-electron chi connectivity index (χ1n) is 7.20.